The van der Waals surface area contributed by atoms with Crippen LogP contribution in [0.5, 0.6) is 0 Å². The Kier molecular flexibility index (Phi) is 4.39. The lowest BCUT2D eigenvalue weighted by Gasteiger charge is -2.00. The predicted octanol–water partition coefficient (Wildman–Crippen LogP) is 4.40. The third-order valence-electron chi connectivity index (χ3n) is 3.29. The third kappa shape index (κ3) is 3.57. The second-order valence-corrected chi connectivity index (χ2v) is 5.81. The van der Waals surface area contributed by atoms with Gasteiger partial charge in [0.1, 0.15) is 0 Å². The van der Waals surface area contributed by atoms with Crippen molar-refractivity contribution in [1.29, 1.82) is 0 Å². The number of aliphatic carboxylic acids is 1. The topological polar surface area (TPSA) is 55.1 Å². The average Bonchev–Trinajstić information content (AvgIpc) is 2.99. The van der Waals surface area contributed by atoms with Crippen LogP contribution in [-0.2, 0) is 4.79 Å². The van der Waals surface area contributed by atoms with E-state index >= 15 is 0 Å². The lowest BCUT2D eigenvalue weighted by atomic mass is 10.1. The number of nitrogens with zero attached hydrogens (tertiary/aromatic N) is 2. The monoisotopic (exact) mass is 368 g/mol. The quantitative estimate of drug-likeness (QED) is 0.694. The van der Waals surface area contributed by atoms with E-state index in [1.54, 1.807) is 10.8 Å². The van der Waals surface area contributed by atoms with Crippen molar-refractivity contribution in [3.8, 4) is 16.9 Å². The Hall–Kier alpha value is -2.66. The molecule has 0 fully saturated rings. The fraction of sp³-hybridized carbons (Fsp3) is 0. The fourth-order valence-electron chi connectivity index (χ4n) is 2.22. The van der Waals surface area contributed by atoms with Gasteiger partial charge in [0, 0.05) is 27.9 Å². The first-order chi connectivity index (χ1) is 11.1. The molecule has 0 aliphatic carbocycles. The number of para-hydroxylation sites is 1. The molecule has 23 heavy (non-hydrogen) atoms. The molecule has 5 heteroatoms. The van der Waals surface area contributed by atoms with E-state index in [0.29, 0.717) is 0 Å². The summed E-state index contributed by atoms with van der Waals surface area (Å²) < 4.78 is 2.73. The number of carboxylic acid groups (broad SMARTS) is 1. The molecule has 0 radical (unpaired) electrons. The molecule has 0 unspecified atom stereocenters. The van der Waals surface area contributed by atoms with Crippen LogP contribution in [0.1, 0.15) is 5.56 Å². The molecular weight excluding hydrogens is 356 g/mol. The van der Waals surface area contributed by atoms with Crippen LogP contribution in [0.4, 0.5) is 0 Å². The van der Waals surface area contributed by atoms with E-state index in [4.69, 9.17) is 5.11 Å². The molecule has 114 valence electrons. The minimum Gasteiger partial charge on any atom is -0.478 e. The van der Waals surface area contributed by atoms with Crippen molar-refractivity contribution in [3.05, 3.63) is 76.9 Å². The second kappa shape index (κ2) is 6.62. The van der Waals surface area contributed by atoms with Crippen LogP contribution < -0.4 is 0 Å². The average molecular weight is 369 g/mol. The Morgan fingerprint density at radius 1 is 1.09 bits per heavy atom. The van der Waals surface area contributed by atoms with Gasteiger partial charge in [0.05, 0.1) is 11.4 Å². The fourth-order valence-corrected chi connectivity index (χ4v) is 2.48. The van der Waals surface area contributed by atoms with Gasteiger partial charge in [0.15, 0.2) is 0 Å². The highest BCUT2D eigenvalue weighted by molar-refractivity contribution is 9.10. The largest absolute Gasteiger partial charge is 0.478 e. The number of hydrogen-bond acceptors (Lipinski definition) is 2. The van der Waals surface area contributed by atoms with Crippen molar-refractivity contribution in [2.24, 2.45) is 0 Å². The number of hydrogen-bond donors (Lipinski definition) is 1. The first kappa shape index (κ1) is 15.2. The highest BCUT2D eigenvalue weighted by Gasteiger charge is 2.10. The molecule has 1 aromatic heterocycles. The van der Waals surface area contributed by atoms with Gasteiger partial charge >= 0.3 is 5.97 Å². The van der Waals surface area contributed by atoms with Crippen LogP contribution >= 0.6 is 15.9 Å². The maximum absolute atomic E-state index is 10.8. The summed E-state index contributed by atoms with van der Waals surface area (Å²) in [4.78, 5) is 10.8. The minimum absolute atomic E-state index is 0.735. The summed E-state index contributed by atoms with van der Waals surface area (Å²) in [7, 11) is 0. The number of benzene rings is 2. The molecule has 0 aliphatic rings. The van der Waals surface area contributed by atoms with Gasteiger partial charge < -0.3 is 5.11 Å². The number of aromatic nitrogens is 2. The van der Waals surface area contributed by atoms with Crippen molar-refractivity contribution in [3.63, 3.8) is 0 Å². The lowest BCUT2D eigenvalue weighted by molar-refractivity contribution is -0.131. The van der Waals surface area contributed by atoms with Crippen LogP contribution in [0.2, 0.25) is 0 Å². The Bertz CT molecular complexity index is 852. The van der Waals surface area contributed by atoms with E-state index in [9.17, 15) is 4.79 Å². The SMILES string of the molecule is O=C(O)/C=C/c1cn(-c2ccccc2)nc1-c1ccc(Br)cc1. The molecule has 0 saturated carbocycles. The number of carboxylic acids is 1. The second-order valence-electron chi connectivity index (χ2n) is 4.89. The van der Waals surface area contributed by atoms with Crippen LogP contribution in [0.3, 0.4) is 0 Å². The van der Waals surface area contributed by atoms with E-state index in [-0.39, 0.29) is 0 Å². The van der Waals surface area contributed by atoms with E-state index in [2.05, 4.69) is 21.0 Å². The van der Waals surface area contributed by atoms with Gasteiger partial charge in [-0.3, -0.25) is 0 Å². The smallest absolute Gasteiger partial charge is 0.328 e. The molecule has 3 rings (SSSR count). The van der Waals surface area contributed by atoms with Gasteiger partial charge in [-0.25, -0.2) is 9.48 Å². The van der Waals surface area contributed by atoms with Gasteiger partial charge in [-0.15, -0.1) is 0 Å². The van der Waals surface area contributed by atoms with Crippen LogP contribution in [-0.4, -0.2) is 20.9 Å². The first-order valence-electron chi connectivity index (χ1n) is 6.95. The summed E-state index contributed by atoms with van der Waals surface area (Å²) in [6.45, 7) is 0. The Morgan fingerprint density at radius 3 is 2.43 bits per heavy atom. The van der Waals surface area contributed by atoms with Gasteiger partial charge in [0.25, 0.3) is 0 Å². The molecule has 4 nitrogen and oxygen atoms in total. The van der Waals surface area contributed by atoms with E-state index in [1.165, 1.54) is 0 Å². The van der Waals surface area contributed by atoms with E-state index < -0.39 is 5.97 Å². The molecule has 0 spiro atoms. The maximum Gasteiger partial charge on any atom is 0.328 e. The third-order valence-corrected chi connectivity index (χ3v) is 3.82. The van der Waals surface area contributed by atoms with Crippen molar-refractivity contribution in [1.82, 2.24) is 9.78 Å². The Morgan fingerprint density at radius 2 is 1.78 bits per heavy atom. The molecule has 0 saturated heterocycles. The van der Waals surface area contributed by atoms with Gasteiger partial charge in [-0.1, -0.05) is 46.3 Å². The molecule has 1 heterocycles. The summed E-state index contributed by atoms with van der Waals surface area (Å²) in [6.07, 6.45) is 4.51. The zero-order valence-corrected chi connectivity index (χ0v) is 13.6. The Labute approximate surface area is 141 Å². The first-order valence-corrected chi connectivity index (χ1v) is 7.75. The molecule has 3 aromatic rings. The van der Waals surface area contributed by atoms with Crippen molar-refractivity contribution in [2.45, 2.75) is 0 Å². The summed E-state index contributed by atoms with van der Waals surface area (Å²) in [5.41, 5.74) is 3.33. The number of halogens is 1. The van der Waals surface area contributed by atoms with E-state index in [1.807, 2.05) is 60.8 Å². The summed E-state index contributed by atoms with van der Waals surface area (Å²) >= 11 is 3.41. The number of carbonyl (C=O) groups is 1. The zero-order valence-electron chi connectivity index (χ0n) is 12.1. The molecule has 1 N–H and O–H groups in total. The van der Waals surface area contributed by atoms with Crippen molar-refractivity contribution >= 4 is 28.0 Å². The minimum atomic E-state index is -0.987. The van der Waals surface area contributed by atoms with Crippen LogP contribution in [0.25, 0.3) is 23.0 Å². The summed E-state index contributed by atoms with van der Waals surface area (Å²) in [5, 5.41) is 13.5. The molecule has 2 aromatic carbocycles. The molecule has 0 bridgehead atoms. The predicted molar refractivity (Wildman–Crippen MR) is 93.4 cm³/mol. The molecule has 0 atom stereocenters. The maximum atomic E-state index is 10.8. The van der Waals surface area contributed by atoms with Crippen LogP contribution in [0, 0.1) is 0 Å². The standard InChI is InChI=1S/C18H13BrN2O2/c19-15-9-6-13(7-10-15)18-14(8-11-17(22)23)12-21(20-18)16-4-2-1-3-5-16/h1-12H,(H,22,23)/b11-8+. The molecule has 0 amide bonds. The summed E-state index contributed by atoms with van der Waals surface area (Å²) in [6, 6.07) is 17.5. The molecular formula is C18H13BrN2O2. The lowest BCUT2D eigenvalue weighted by Crippen LogP contribution is -1.93. The van der Waals surface area contributed by atoms with Crippen LogP contribution in [0.15, 0.2) is 71.3 Å². The molecule has 0 aliphatic heterocycles. The van der Waals surface area contributed by atoms with E-state index in [0.717, 1.165) is 33.1 Å². The highest BCUT2D eigenvalue weighted by atomic mass is 79.9. The summed E-state index contributed by atoms with van der Waals surface area (Å²) in [5.74, 6) is -0.987. The zero-order chi connectivity index (χ0) is 16.2. The normalized spacial score (nSPS) is 11.0. The van der Waals surface area contributed by atoms with Gasteiger partial charge in [-0.05, 0) is 30.3 Å². The van der Waals surface area contributed by atoms with Crippen molar-refractivity contribution < 1.29 is 9.90 Å². The Balaban J connectivity index is 2.10. The van der Waals surface area contributed by atoms with Crippen molar-refractivity contribution in [2.75, 3.05) is 0 Å². The number of rotatable bonds is 4. The van der Waals surface area contributed by atoms with Gasteiger partial charge in [0.2, 0.25) is 0 Å². The highest BCUT2D eigenvalue weighted by Crippen LogP contribution is 2.26. The van der Waals surface area contributed by atoms with Gasteiger partial charge in [-0.2, -0.15) is 5.10 Å².